The second-order valence-corrected chi connectivity index (χ2v) is 4.33. The molecule has 0 aromatic heterocycles. The predicted molar refractivity (Wildman–Crippen MR) is 83.2 cm³/mol. The number of amides is 1. The lowest BCUT2D eigenvalue weighted by Gasteiger charge is -2.07. The van der Waals surface area contributed by atoms with E-state index in [1.807, 2.05) is 0 Å². The minimum atomic E-state index is -0.280. The van der Waals surface area contributed by atoms with Crippen LogP contribution < -0.4 is 5.32 Å². The highest BCUT2D eigenvalue weighted by atomic mass is 16.5. The summed E-state index contributed by atoms with van der Waals surface area (Å²) in [5, 5.41) is 15.1. The third-order valence-corrected chi connectivity index (χ3v) is 2.53. The van der Waals surface area contributed by atoms with E-state index >= 15 is 0 Å². The van der Waals surface area contributed by atoms with Crippen LogP contribution in [0.3, 0.4) is 0 Å². The van der Waals surface area contributed by atoms with Crippen LogP contribution in [-0.2, 0) is 19.0 Å². The van der Waals surface area contributed by atoms with Gasteiger partial charge >= 0.3 is 0 Å². The molecule has 1 amide bonds. The number of azide groups is 1. The summed E-state index contributed by atoms with van der Waals surface area (Å²) >= 11 is 0. The van der Waals surface area contributed by atoms with Gasteiger partial charge in [-0.25, -0.2) is 0 Å². The van der Waals surface area contributed by atoms with E-state index in [0.717, 1.165) is 0 Å². The number of hydrogen-bond donors (Lipinski definition) is 2. The second kappa shape index (κ2) is 12.2. The van der Waals surface area contributed by atoms with E-state index < -0.39 is 0 Å². The molecule has 0 fully saturated rings. The van der Waals surface area contributed by atoms with Gasteiger partial charge in [-0.3, -0.25) is 4.79 Å². The van der Waals surface area contributed by atoms with E-state index in [1.54, 1.807) is 12.1 Å². The Morgan fingerprint density at radius 2 is 1.70 bits per heavy atom. The molecule has 9 heteroatoms. The number of nitrogens with one attached hydrogen (secondary N) is 1. The summed E-state index contributed by atoms with van der Waals surface area (Å²) in [4.78, 5) is 14.2. The first-order valence-corrected chi connectivity index (χ1v) is 7.05. The molecule has 0 unspecified atom stereocenters. The van der Waals surface area contributed by atoms with Crippen LogP contribution in [0.4, 0.5) is 5.69 Å². The van der Waals surface area contributed by atoms with E-state index in [2.05, 4.69) is 15.3 Å². The van der Waals surface area contributed by atoms with Gasteiger partial charge in [0, 0.05) is 17.1 Å². The molecule has 0 bridgehead atoms. The zero-order valence-corrected chi connectivity index (χ0v) is 12.7. The number of hydrogen-bond acceptors (Lipinski definition) is 6. The zero-order chi connectivity index (χ0) is 16.8. The molecule has 23 heavy (non-hydrogen) atoms. The third-order valence-electron chi connectivity index (χ3n) is 2.53. The van der Waals surface area contributed by atoms with Crippen LogP contribution in [0.1, 0.15) is 0 Å². The molecule has 126 valence electrons. The number of carbonyl (C=O) groups excluding carboxylic acids is 1. The highest BCUT2D eigenvalue weighted by Crippen LogP contribution is 2.13. The van der Waals surface area contributed by atoms with Crippen molar-refractivity contribution in [2.75, 3.05) is 51.5 Å². The topological polar surface area (TPSA) is 126 Å². The van der Waals surface area contributed by atoms with Crippen molar-refractivity contribution in [2.45, 2.75) is 0 Å². The van der Waals surface area contributed by atoms with Crippen molar-refractivity contribution in [2.24, 2.45) is 5.11 Å². The average molecular weight is 324 g/mol. The minimum absolute atomic E-state index is 0.0765. The van der Waals surface area contributed by atoms with E-state index in [9.17, 15) is 4.79 Å². The third kappa shape index (κ3) is 10.1. The molecule has 1 rings (SSSR count). The Morgan fingerprint density at radius 1 is 1.09 bits per heavy atom. The van der Waals surface area contributed by atoms with Crippen LogP contribution in [0.2, 0.25) is 0 Å². The number of phenols is 1. The largest absolute Gasteiger partial charge is 0.508 e. The molecule has 0 atom stereocenters. The number of nitrogens with zero attached hydrogens (tertiary/aromatic N) is 3. The SMILES string of the molecule is [N-]=[N+]=NCCOCCOCCOCC(=O)Nc1ccc(O)cc1. The molecule has 0 aliphatic heterocycles. The standard InChI is InChI=1S/C14H20N4O5/c15-18-16-5-6-21-7-8-22-9-10-23-11-14(20)17-12-1-3-13(19)4-2-12/h1-4,19H,5-11H2,(H,17,20). The number of ether oxygens (including phenoxy) is 3. The van der Waals surface area contributed by atoms with Crippen LogP contribution in [-0.4, -0.2) is 57.2 Å². The first-order valence-electron chi connectivity index (χ1n) is 7.05. The summed E-state index contributed by atoms with van der Waals surface area (Å²) in [5.74, 6) is -0.143. The van der Waals surface area contributed by atoms with E-state index in [-0.39, 0.29) is 18.3 Å². The summed E-state index contributed by atoms with van der Waals surface area (Å²) in [6.07, 6.45) is 0. The van der Waals surface area contributed by atoms with Gasteiger partial charge in [0.2, 0.25) is 5.91 Å². The van der Waals surface area contributed by atoms with Crippen LogP contribution in [0.15, 0.2) is 29.4 Å². The Bertz CT molecular complexity index is 502. The lowest BCUT2D eigenvalue weighted by molar-refractivity contribution is -0.121. The number of carbonyl (C=O) groups is 1. The van der Waals surface area contributed by atoms with Crippen molar-refractivity contribution in [3.05, 3.63) is 34.7 Å². The predicted octanol–water partition coefficient (Wildman–Crippen LogP) is 1.69. The molecule has 9 nitrogen and oxygen atoms in total. The van der Waals surface area contributed by atoms with Gasteiger partial charge in [0.05, 0.1) is 33.0 Å². The summed E-state index contributed by atoms with van der Waals surface area (Å²) in [5.41, 5.74) is 8.64. The number of rotatable bonds is 12. The van der Waals surface area contributed by atoms with Gasteiger partial charge in [-0.15, -0.1) is 0 Å². The first-order chi connectivity index (χ1) is 11.2. The van der Waals surface area contributed by atoms with Crippen molar-refractivity contribution in [3.63, 3.8) is 0 Å². The lowest BCUT2D eigenvalue weighted by atomic mass is 10.3. The fourth-order valence-corrected chi connectivity index (χ4v) is 1.50. The molecular formula is C14H20N4O5. The molecule has 1 aromatic carbocycles. The summed E-state index contributed by atoms with van der Waals surface area (Å²) in [7, 11) is 0. The maximum Gasteiger partial charge on any atom is 0.250 e. The Labute approximate surface area is 133 Å². The Kier molecular flexibility index (Phi) is 9.97. The van der Waals surface area contributed by atoms with Crippen LogP contribution in [0.5, 0.6) is 5.75 Å². The maximum absolute atomic E-state index is 11.6. The van der Waals surface area contributed by atoms with Gasteiger partial charge in [-0.05, 0) is 29.8 Å². The number of phenolic OH excluding ortho intramolecular Hbond substituents is 1. The van der Waals surface area contributed by atoms with Gasteiger partial charge in [-0.1, -0.05) is 5.11 Å². The summed E-state index contributed by atoms with van der Waals surface area (Å²) in [6, 6.07) is 6.16. The molecule has 2 N–H and O–H groups in total. The molecule has 0 saturated heterocycles. The Balaban J connectivity index is 1.93. The smallest absolute Gasteiger partial charge is 0.250 e. The van der Waals surface area contributed by atoms with Gasteiger partial charge in [0.15, 0.2) is 0 Å². The molecule has 0 aliphatic carbocycles. The summed E-state index contributed by atoms with van der Waals surface area (Å²) < 4.78 is 15.6. The van der Waals surface area contributed by atoms with E-state index in [0.29, 0.717) is 45.3 Å². The highest BCUT2D eigenvalue weighted by Gasteiger charge is 2.02. The van der Waals surface area contributed by atoms with Gasteiger partial charge in [-0.2, -0.15) is 0 Å². The van der Waals surface area contributed by atoms with E-state index in [1.165, 1.54) is 12.1 Å². The number of benzene rings is 1. The van der Waals surface area contributed by atoms with Crippen molar-refractivity contribution >= 4 is 11.6 Å². The maximum atomic E-state index is 11.6. The van der Waals surface area contributed by atoms with Crippen LogP contribution in [0, 0.1) is 0 Å². The lowest BCUT2D eigenvalue weighted by Crippen LogP contribution is -2.20. The Hall–Kier alpha value is -2.32. The van der Waals surface area contributed by atoms with Crippen molar-refractivity contribution in [1.82, 2.24) is 0 Å². The molecule has 0 aliphatic rings. The molecule has 0 heterocycles. The van der Waals surface area contributed by atoms with Gasteiger partial charge in [0.1, 0.15) is 12.4 Å². The monoisotopic (exact) mass is 324 g/mol. The van der Waals surface area contributed by atoms with Crippen molar-refractivity contribution < 1.29 is 24.1 Å². The molecule has 0 saturated carbocycles. The highest BCUT2D eigenvalue weighted by molar-refractivity contribution is 5.91. The molecule has 1 aromatic rings. The first kappa shape index (κ1) is 18.7. The van der Waals surface area contributed by atoms with Crippen LogP contribution >= 0.6 is 0 Å². The normalized spacial score (nSPS) is 10.1. The number of aromatic hydroxyl groups is 1. The fraction of sp³-hybridized carbons (Fsp3) is 0.500. The Morgan fingerprint density at radius 3 is 2.35 bits per heavy atom. The minimum Gasteiger partial charge on any atom is -0.508 e. The van der Waals surface area contributed by atoms with Crippen molar-refractivity contribution in [1.29, 1.82) is 0 Å². The number of anilines is 1. The molecular weight excluding hydrogens is 304 g/mol. The quantitative estimate of drug-likeness (QED) is 0.199. The average Bonchev–Trinajstić information content (AvgIpc) is 2.55. The molecule has 0 radical (unpaired) electrons. The van der Waals surface area contributed by atoms with E-state index in [4.69, 9.17) is 24.8 Å². The van der Waals surface area contributed by atoms with Crippen LogP contribution in [0.25, 0.3) is 10.4 Å². The molecule has 0 spiro atoms. The van der Waals surface area contributed by atoms with Gasteiger partial charge in [0.25, 0.3) is 0 Å². The zero-order valence-electron chi connectivity index (χ0n) is 12.7. The summed E-state index contributed by atoms with van der Waals surface area (Å²) in [6.45, 7) is 2.04. The van der Waals surface area contributed by atoms with Gasteiger partial charge < -0.3 is 24.6 Å². The second-order valence-electron chi connectivity index (χ2n) is 4.33. The fourth-order valence-electron chi connectivity index (χ4n) is 1.50. The van der Waals surface area contributed by atoms with Crippen molar-refractivity contribution in [3.8, 4) is 5.75 Å².